The van der Waals surface area contributed by atoms with Crippen LogP contribution in [0.1, 0.15) is 108 Å². The monoisotopic (exact) mass is 1640 g/mol. The number of nitrogens with one attached hydrogen (secondary N) is 13. The molecule has 0 aliphatic carbocycles. The van der Waals surface area contributed by atoms with Gasteiger partial charge in [0.05, 0.1) is 25.6 Å². The van der Waals surface area contributed by atoms with E-state index in [0.717, 1.165) is 6.92 Å². The predicted octanol–water partition coefficient (Wildman–Crippen LogP) is -5.35. The highest BCUT2D eigenvalue weighted by Gasteiger charge is 2.37. The van der Waals surface area contributed by atoms with E-state index >= 15 is 0 Å². The van der Waals surface area contributed by atoms with E-state index in [2.05, 4.69) is 81.7 Å². The average molecular weight is 1640 g/mol. The molecule has 0 saturated heterocycles. The third-order valence-electron chi connectivity index (χ3n) is 17.2. The summed E-state index contributed by atoms with van der Waals surface area (Å²) in [5, 5.41) is 99.7. The highest BCUT2D eigenvalue weighted by atomic mass is 32.2. The van der Waals surface area contributed by atoms with E-state index in [0.29, 0.717) is 43.4 Å². The molecule has 3 aromatic carbocycles. The van der Waals surface area contributed by atoms with Crippen molar-refractivity contribution >= 4 is 125 Å². The van der Waals surface area contributed by atoms with Gasteiger partial charge >= 0.3 is 23.9 Å². The number of thioether (sulfide) groups is 1. The van der Waals surface area contributed by atoms with Crippen molar-refractivity contribution < 1.29 is 117 Å². The van der Waals surface area contributed by atoms with Gasteiger partial charge in [-0.05, 0) is 131 Å². The second-order valence-corrected chi connectivity index (χ2v) is 27.8. The quantitative estimate of drug-likeness (QED) is 0.0185. The molecule has 0 heterocycles. The molecule has 13 amide bonds. The van der Waals surface area contributed by atoms with Crippen LogP contribution in [0.4, 0.5) is 0 Å². The van der Waals surface area contributed by atoms with Gasteiger partial charge in [-0.1, -0.05) is 61.0 Å². The Labute approximate surface area is 665 Å². The zero-order chi connectivity index (χ0) is 85.1. The first-order valence-corrected chi connectivity index (χ1v) is 38.3. The number of aliphatic carboxylic acids is 4. The Morgan fingerprint density at radius 3 is 1.18 bits per heavy atom. The number of carboxylic acid groups (broad SMARTS) is 4. The van der Waals surface area contributed by atoms with Gasteiger partial charge in [-0.3, -0.25) is 76.7 Å². The number of carbonyl (C=O) groups excluding carboxylic acids is 13. The van der Waals surface area contributed by atoms with Crippen LogP contribution in [0.15, 0.2) is 78.9 Å². The maximum absolute atomic E-state index is 14.6. The summed E-state index contributed by atoms with van der Waals surface area (Å²) in [6.07, 6.45) is -1.23. The Kier molecular flexibility index (Phi) is 43.8. The molecule has 114 heavy (non-hydrogen) atoms. The van der Waals surface area contributed by atoms with Crippen LogP contribution in [0.5, 0.6) is 11.5 Å². The summed E-state index contributed by atoms with van der Waals surface area (Å²) in [5.74, 6) is -20.6. The van der Waals surface area contributed by atoms with Crippen molar-refractivity contribution in [2.75, 3.05) is 44.0 Å². The van der Waals surface area contributed by atoms with Crippen LogP contribution in [0, 0.1) is 0 Å². The molecule has 3 rings (SSSR count). The van der Waals surface area contributed by atoms with Crippen molar-refractivity contribution in [2.24, 2.45) is 17.2 Å². The van der Waals surface area contributed by atoms with Crippen LogP contribution in [-0.2, 0) is 101 Å². The molecule has 3 aromatic rings. The number of amides is 13. The van der Waals surface area contributed by atoms with Gasteiger partial charge in [0.25, 0.3) is 0 Å². The predicted molar refractivity (Wildman–Crippen MR) is 413 cm³/mol. The topological polar surface area (TPSA) is 666 Å². The number of hydrogen-bond donors (Lipinski definition) is 24. The van der Waals surface area contributed by atoms with Crippen LogP contribution < -0.4 is 86.3 Å². The lowest BCUT2D eigenvalue weighted by Gasteiger charge is -2.27. The van der Waals surface area contributed by atoms with Gasteiger partial charge in [-0.15, -0.1) is 0 Å². The first kappa shape index (κ1) is 97.0. The van der Waals surface area contributed by atoms with Gasteiger partial charge in [0, 0.05) is 37.9 Å². The van der Waals surface area contributed by atoms with Crippen molar-refractivity contribution in [3.8, 4) is 11.5 Å². The summed E-state index contributed by atoms with van der Waals surface area (Å²) in [7, 11) is 0. The number of carboxylic acids is 4. The van der Waals surface area contributed by atoms with E-state index < -0.39 is 237 Å². The summed E-state index contributed by atoms with van der Waals surface area (Å²) in [6.45, 7) is 0.923. The highest BCUT2D eigenvalue weighted by Crippen LogP contribution is 2.16. The number of aliphatic hydroxyl groups is 1. The minimum absolute atomic E-state index is 0.00187. The smallest absolute Gasteiger partial charge is 0.327 e. The second-order valence-electron chi connectivity index (χ2n) is 26.4. The van der Waals surface area contributed by atoms with Gasteiger partial charge in [0.2, 0.25) is 76.8 Å². The molecule has 13 atom stereocenters. The number of benzene rings is 3. The molecule has 0 aromatic heterocycles. The van der Waals surface area contributed by atoms with Gasteiger partial charge in [0.1, 0.15) is 84.0 Å². The summed E-state index contributed by atoms with van der Waals surface area (Å²) in [6, 6.07) is -2.14. The molecular weight excluding hydrogens is 1540 g/mol. The number of phenolic OH excluding ortho intramolecular Hbond substituents is 2. The van der Waals surface area contributed by atoms with E-state index in [1.165, 1.54) is 67.2 Å². The Bertz CT molecular complexity index is 3760. The molecule has 628 valence electrons. The molecule has 0 bridgehead atoms. The zero-order valence-electron chi connectivity index (χ0n) is 63.0. The lowest BCUT2D eigenvalue weighted by molar-refractivity contribution is -0.142. The third-order valence-corrected chi connectivity index (χ3v) is 18.2. The van der Waals surface area contributed by atoms with E-state index in [1.807, 2.05) is 0 Å². The first-order chi connectivity index (χ1) is 54.0. The number of aromatic hydroxyl groups is 2. The van der Waals surface area contributed by atoms with E-state index in [4.69, 9.17) is 17.2 Å². The largest absolute Gasteiger partial charge is 0.508 e. The number of rotatable bonds is 54. The fourth-order valence-electron chi connectivity index (χ4n) is 10.8. The number of unbranched alkanes of at least 4 members (excludes halogenated alkanes) is 2. The molecule has 40 nitrogen and oxygen atoms in total. The van der Waals surface area contributed by atoms with Crippen LogP contribution in [0.2, 0.25) is 0 Å². The maximum atomic E-state index is 14.6. The molecule has 0 radical (unpaired) electrons. The fraction of sp³-hybridized carbons (Fsp3) is 0.514. The fourth-order valence-corrected chi connectivity index (χ4v) is 11.5. The molecule has 0 aliphatic heterocycles. The maximum Gasteiger partial charge on any atom is 0.327 e. The molecule has 0 unspecified atom stereocenters. The van der Waals surface area contributed by atoms with Crippen molar-refractivity contribution in [3.05, 3.63) is 95.6 Å². The Morgan fingerprint density at radius 1 is 0.395 bits per heavy atom. The molecule has 0 aliphatic rings. The Balaban J connectivity index is 1.89. The number of hydrogen-bond acceptors (Lipinski definition) is 25. The van der Waals surface area contributed by atoms with Crippen molar-refractivity contribution in [1.82, 2.24) is 69.1 Å². The summed E-state index contributed by atoms with van der Waals surface area (Å²) in [5.41, 5.74) is 18.4. The zero-order valence-corrected chi connectivity index (χ0v) is 64.7. The molecule has 42 heteroatoms. The SMILES string of the molecule is CSCC[C@H](NC(=O)CNC(=O)[C@H](Cc1ccc(O)cc1)NC(=O)[C@H](CCC(=O)O)NC(=O)[C@H](Cc1ccccc1)NC(=O)[C@H](CCCCN)NC(=O)[C@H](C)NC(=O)[C@@H](N)CCCCN)C(=O)N[C@@H](CO)C(=O)N[C@@H](CC(=O)O)C(=O)N[C@@H](Cc1ccc(O)cc1)C(=O)N[C@@H](C)C(=O)N[C@@H](CCC(=O)O)C(=O)N[C@@H](CS)C(=O)O. The average Bonchev–Trinajstić information content (AvgIpc) is 0.856. The number of aliphatic hydroxyl groups excluding tert-OH is 1. The van der Waals surface area contributed by atoms with Crippen molar-refractivity contribution in [3.63, 3.8) is 0 Å². The van der Waals surface area contributed by atoms with Crippen molar-refractivity contribution in [2.45, 2.75) is 189 Å². The number of nitrogens with two attached hydrogens (primary N) is 3. The third kappa shape index (κ3) is 36.5. The normalized spacial score (nSPS) is 14.4. The molecule has 0 saturated carbocycles. The molecule has 0 spiro atoms. The van der Waals surface area contributed by atoms with Crippen LogP contribution in [0.25, 0.3) is 0 Å². The first-order valence-electron chi connectivity index (χ1n) is 36.3. The Hall–Kier alpha value is -11.2. The Morgan fingerprint density at radius 2 is 0.754 bits per heavy atom. The van der Waals surface area contributed by atoms with Gasteiger partial charge in [-0.25, -0.2) is 4.79 Å². The van der Waals surface area contributed by atoms with Crippen LogP contribution >= 0.6 is 24.4 Å². The van der Waals surface area contributed by atoms with Crippen molar-refractivity contribution in [1.29, 1.82) is 0 Å². The van der Waals surface area contributed by atoms with Gasteiger partial charge in [0.15, 0.2) is 0 Å². The molecule has 0 fully saturated rings. The summed E-state index contributed by atoms with van der Waals surface area (Å²) < 4.78 is 0. The summed E-state index contributed by atoms with van der Waals surface area (Å²) in [4.78, 5) is 228. The number of thiol groups is 1. The van der Waals surface area contributed by atoms with Gasteiger partial charge in [-0.2, -0.15) is 24.4 Å². The summed E-state index contributed by atoms with van der Waals surface area (Å²) >= 11 is 5.07. The second kappa shape index (κ2) is 51.4. The molecule has 26 N–H and O–H groups in total. The van der Waals surface area contributed by atoms with E-state index in [1.54, 1.807) is 36.6 Å². The van der Waals surface area contributed by atoms with Crippen LogP contribution in [0.3, 0.4) is 0 Å². The lowest BCUT2D eigenvalue weighted by atomic mass is 10.0. The number of phenols is 2. The van der Waals surface area contributed by atoms with Crippen LogP contribution in [-0.4, -0.2) is 259 Å². The molecular formula is C72H104N16O24S2. The highest BCUT2D eigenvalue weighted by molar-refractivity contribution is 7.98. The standard InChI is InChI=1S/C72H104N16O24S2/c1-38(77-62(101)45(75)13-7-9-28-73)60(99)80-46(14-8-10-29-74)64(103)84-52(31-40-11-5-4-6-12-40)69(108)82-48(24-26-58(95)96)65(104)83-50(32-41-15-19-43(90)20-16-41)63(102)76-35-56(92)79-49(27-30-114-3)67(106)87-54(36-89)71(110)86-53(34-59(97)98)70(109)85-51(33-42-17-21-44(91)22-18-42)68(107)78-39(2)61(100)81-47(23-25-57(93)94)66(105)88-55(37-113)72(111)112/h4-6,11-12,15-22,38-39,45-55,89-91,113H,7-10,13-14,23-37,73-75H2,1-3H3,(H,76,102)(H,77,101)(H,78,107)(H,79,92)(H,80,99)(H,81,100)(H,82,108)(H,83,104)(H,84,103)(H,85,109)(H,86,110)(H,87,106)(H,88,105)(H,93,94)(H,95,96)(H,97,98)(H,111,112)/t38-,39-,45-,46-,47-,48-,49-,50-,51-,52-,53-,54-,55-/m0/s1. The number of carbonyl (C=O) groups is 17. The van der Waals surface area contributed by atoms with Gasteiger partial charge < -0.3 is 122 Å². The lowest BCUT2D eigenvalue weighted by Crippen LogP contribution is -2.61. The van der Waals surface area contributed by atoms with E-state index in [9.17, 15) is 117 Å². The minimum atomic E-state index is -2.11. The minimum Gasteiger partial charge on any atom is -0.508 e. The van der Waals surface area contributed by atoms with E-state index in [-0.39, 0.29) is 61.5 Å².